The molecule has 0 atom stereocenters. The summed E-state index contributed by atoms with van der Waals surface area (Å²) in [7, 11) is 0. The number of furan rings is 1. The molecule has 3 aromatic rings. The standard InChI is InChI=1S/C17H13NO4/c1-11-6-7-18-9-13(11)17(20)21-10-14(19)16-8-12-4-2-3-5-15(12)22-16/h2-9H,10H2,1H3. The van der Waals surface area contributed by atoms with E-state index < -0.39 is 5.97 Å². The number of aryl methyl sites for hydroxylation is 1. The van der Waals surface area contributed by atoms with E-state index in [1.54, 1.807) is 31.3 Å². The van der Waals surface area contributed by atoms with E-state index in [1.165, 1.54) is 6.20 Å². The van der Waals surface area contributed by atoms with Gasteiger partial charge in [-0.25, -0.2) is 4.79 Å². The Morgan fingerprint density at radius 2 is 2.05 bits per heavy atom. The second kappa shape index (κ2) is 5.81. The van der Waals surface area contributed by atoms with Gasteiger partial charge in [0.15, 0.2) is 12.4 Å². The van der Waals surface area contributed by atoms with Crippen LogP contribution in [-0.4, -0.2) is 23.3 Å². The summed E-state index contributed by atoms with van der Waals surface area (Å²) in [5.74, 6) is -0.780. The first-order valence-corrected chi connectivity index (χ1v) is 6.74. The molecular formula is C17H13NO4. The molecule has 1 aromatic carbocycles. The van der Waals surface area contributed by atoms with E-state index in [0.717, 1.165) is 10.9 Å². The van der Waals surface area contributed by atoms with Crippen molar-refractivity contribution in [2.24, 2.45) is 0 Å². The molecule has 0 unspecified atom stereocenters. The molecular weight excluding hydrogens is 282 g/mol. The summed E-state index contributed by atoms with van der Waals surface area (Å²) in [5.41, 5.74) is 1.72. The fraction of sp³-hybridized carbons (Fsp3) is 0.118. The van der Waals surface area contributed by atoms with Crippen LogP contribution >= 0.6 is 0 Å². The molecule has 0 aliphatic carbocycles. The Morgan fingerprint density at radius 1 is 1.23 bits per heavy atom. The molecule has 0 saturated heterocycles. The van der Waals surface area contributed by atoms with E-state index >= 15 is 0 Å². The van der Waals surface area contributed by atoms with Crippen molar-refractivity contribution in [3.63, 3.8) is 0 Å². The minimum absolute atomic E-state index is 0.178. The molecule has 2 aromatic heterocycles. The number of nitrogens with zero attached hydrogens (tertiary/aromatic N) is 1. The van der Waals surface area contributed by atoms with Gasteiger partial charge in [0.1, 0.15) is 5.58 Å². The van der Waals surface area contributed by atoms with Crippen LogP contribution < -0.4 is 0 Å². The lowest BCUT2D eigenvalue weighted by atomic mass is 10.2. The van der Waals surface area contributed by atoms with E-state index in [4.69, 9.17) is 9.15 Å². The Morgan fingerprint density at radius 3 is 2.82 bits per heavy atom. The summed E-state index contributed by atoms with van der Waals surface area (Å²) >= 11 is 0. The molecule has 0 N–H and O–H groups in total. The maximum absolute atomic E-state index is 12.0. The number of hydrogen-bond acceptors (Lipinski definition) is 5. The van der Waals surface area contributed by atoms with Crippen LogP contribution in [0.15, 0.2) is 53.2 Å². The normalized spacial score (nSPS) is 10.6. The van der Waals surface area contributed by atoms with Gasteiger partial charge in [0.05, 0.1) is 5.56 Å². The Labute approximate surface area is 126 Å². The van der Waals surface area contributed by atoms with Gasteiger partial charge >= 0.3 is 5.97 Å². The largest absolute Gasteiger partial charge is 0.454 e. The zero-order chi connectivity index (χ0) is 15.5. The van der Waals surface area contributed by atoms with E-state index in [2.05, 4.69) is 4.98 Å². The predicted molar refractivity (Wildman–Crippen MR) is 79.8 cm³/mol. The van der Waals surface area contributed by atoms with Gasteiger partial charge in [0.2, 0.25) is 5.78 Å². The second-order valence-corrected chi connectivity index (χ2v) is 4.84. The molecule has 0 aliphatic rings. The Balaban J connectivity index is 1.69. The summed E-state index contributed by atoms with van der Waals surface area (Å²) in [4.78, 5) is 27.9. The number of hydrogen-bond donors (Lipinski definition) is 0. The van der Waals surface area contributed by atoms with Crippen LogP contribution in [0, 0.1) is 6.92 Å². The fourth-order valence-corrected chi connectivity index (χ4v) is 2.08. The van der Waals surface area contributed by atoms with E-state index in [9.17, 15) is 9.59 Å². The SMILES string of the molecule is Cc1ccncc1C(=O)OCC(=O)c1cc2ccccc2o1. The fourth-order valence-electron chi connectivity index (χ4n) is 2.08. The quantitative estimate of drug-likeness (QED) is 0.546. The molecule has 3 rings (SSSR count). The van der Waals surface area contributed by atoms with Crippen LogP contribution in [0.25, 0.3) is 11.0 Å². The van der Waals surface area contributed by atoms with Gasteiger partial charge in [-0.05, 0) is 30.7 Å². The van der Waals surface area contributed by atoms with Crippen molar-refractivity contribution in [3.8, 4) is 0 Å². The Hall–Kier alpha value is -2.95. The molecule has 0 spiro atoms. The highest BCUT2D eigenvalue weighted by molar-refractivity contribution is 6.00. The maximum atomic E-state index is 12.0. The average molecular weight is 295 g/mol. The molecule has 0 radical (unpaired) electrons. The smallest absolute Gasteiger partial charge is 0.340 e. The van der Waals surface area contributed by atoms with Crippen molar-refractivity contribution in [1.82, 2.24) is 4.98 Å². The van der Waals surface area contributed by atoms with Crippen molar-refractivity contribution in [2.75, 3.05) is 6.61 Å². The third-order valence-electron chi connectivity index (χ3n) is 3.29. The zero-order valence-electron chi connectivity index (χ0n) is 11.9. The summed E-state index contributed by atoms with van der Waals surface area (Å²) < 4.78 is 10.5. The van der Waals surface area contributed by atoms with Crippen molar-refractivity contribution < 1.29 is 18.7 Å². The third kappa shape index (κ3) is 2.74. The van der Waals surface area contributed by atoms with Crippen molar-refractivity contribution in [1.29, 1.82) is 0 Å². The molecule has 0 aliphatic heterocycles. The number of ketones is 1. The van der Waals surface area contributed by atoms with E-state index in [-0.39, 0.29) is 18.2 Å². The third-order valence-corrected chi connectivity index (χ3v) is 3.29. The molecule has 5 heteroatoms. The summed E-state index contributed by atoms with van der Waals surface area (Å²) in [6, 6.07) is 10.7. The monoisotopic (exact) mass is 295 g/mol. The first-order valence-electron chi connectivity index (χ1n) is 6.74. The number of para-hydroxylation sites is 1. The van der Waals surface area contributed by atoms with Crippen LogP contribution in [0.5, 0.6) is 0 Å². The number of esters is 1. The van der Waals surface area contributed by atoms with Gasteiger partial charge in [-0.3, -0.25) is 9.78 Å². The average Bonchev–Trinajstić information content (AvgIpc) is 2.97. The first-order chi connectivity index (χ1) is 10.6. The predicted octanol–water partition coefficient (Wildman–Crippen LogP) is 3.18. The molecule has 22 heavy (non-hydrogen) atoms. The molecule has 0 fully saturated rings. The number of carbonyl (C=O) groups excluding carboxylic acids is 2. The van der Waals surface area contributed by atoms with Gasteiger partial charge < -0.3 is 9.15 Å². The highest BCUT2D eigenvalue weighted by Gasteiger charge is 2.16. The Kier molecular flexibility index (Phi) is 3.70. The summed E-state index contributed by atoms with van der Waals surface area (Å²) in [6.45, 7) is 1.41. The van der Waals surface area contributed by atoms with Crippen molar-refractivity contribution in [2.45, 2.75) is 6.92 Å². The number of ether oxygens (including phenoxy) is 1. The Bertz CT molecular complexity index is 817. The van der Waals surface area contributed by atoms with Gasteiger partial charge in [0.25, 0.3) is 0 Å². The van der Waals surface area contributed by atoms with E-state index in [0.29, 0.717) is 11.1 Å². The number of pyridine rings is 1. The van der Waals surface area contributed by atoms with Crippen LogP contribution in [0.4, 0.5) is 0 Å². The van der Waals surface area contributed by atoms with E-state index in [1.807, 2.05) is 18.2 Å². The molecule has 110 valence electrons. The second-order valence-electron chi connectivity index (χ2n) is 4.84. The van der Waals surface area contributed by atoms with Crippen molar-refractivity contribution in [3.05, 3.63) is 65.7 Å². The van der Waals surface area contributed by atoms with Gasteiger partial charge in [-0.15, -0.1) is 0 Å². The number of carbonyl (C=O) groups is 2. The van der Waals surface area contributed by atoms with Crippen LogP contribution in [0.3, 0.4) is 0 Å². The topological polar surface area (TPSA) is 69.4 Å². The highest BCUT2D eigenvalue weighted by Crippen LogP contribution is 2.19. The minimum Gasteiger partial charge on any atom is -0.454 e. The maximum Gasteiger partial charge on any atom is 0.340 e. The lowest BCUT2D eigenvalue weighted by Crippen LogP contribution is -2.14. The summed E-state index contributed by atoms with van der Waals surface area (Å²) in [6.07, 6.45) is 3.01. The molecule has 0 bridgehead atoms. The first kappa shape index (κ1) is 14.0. The molecule has 0 saturated carbocycles. The van der Waals surface area contributed by atoms with Gasteiger partial charge in [-0.1, -0.05) is 18.2 Å². The highest BCUT2D eigenvalue weighted by atomic mass is 16.5. The molecule has 0 amide bonds. The summed E-state index contributed by atoms with van der Waals surface area (Å²) in [5, 5.41) is 0.834. The van der Waals surface area contributed by atoms with Crippen molar-refractivity contribution >= 4 is 22.7 Å². The van der Waals surface area contributed by atoms with Crippen LogP contribution in [0.1, 0.15) is 26.5 Å². The number of rotatable bonds is 4. The zero-order valence-corrected chi connectivity index (χ0v) is 11.9. The molecule has 5 nitrogen and oxygen atoms in total. The van der Waals surface area contributed by atoms with Gasteiger partial charge in [-0.2, -0.15) is 0 Å². The number of fused-ring (bicyclic) bond motifs is 1. The van der Waals surface area contributed by atoms with Crippen LogP contribution in [-0.2, 0) is 4.74 Å². The molecule has 2 heterocycles. The minimum atomic E-state index is -0.574. The van der Waals surface area contributed by atoms with Gasteiger partial charge in [0, 0.05) is 17.8 Å². The lowest BCUT2D eigenvalue weighted by Gasteiger charge is -2.04. The number of aromatic nitrogens is 1. The number of benzene rings is 1. The number of Topliss-reactive ketones (excluding diaryl/α,β-unsaturated/α-hetero) is 1. The van der Waals surface area contributed by atoms with Crippen LogP contribution in [0.2, 0.25) is 0 Å². The lowest BCUT2D eigenvalue weighted by molar-refractivity contribution is 0.0467.